The summed E-state index contributed by atoms with van der Waals surface area (Å²) in [6.07, 6.45) is 3.77. The van der Waals surface area contributed by atoms with Crippen LogP contribution in [0.15, 0.2) is 42.7 Å². The molecule has 7 nitrogen and oxygen atoms in total. The molecule has 1 N–H and O–H groups in total. The number of benzene rings is 1. The summed E-state index contributed by atoms with van der Waals surface area (Å²) in [4.78, 5) is 18.0. The maximum atomic E-state index is 13.1. The van der Waals surface area contributed by atoms with Gasteiger partial charge in [0.05, 0.1) is 35.1 Å². The molecule has 1 aromatic carbocycles. The molecule has 0 saturated heterocycles. The van der Waals surface area contributed by atoms with Crippen LogP contribution in [0.3, 0.4) is 0 Å². The first-order chi connectivity index (χ1) is 14.5. The second-order valence-corrected chi connectivity index (χ2v) is 7.56. The first kappa shape index (κ1) is 19.8. The molecule has 7 heteroatoms. The summed E-state index contributed by atoms with van der Waals surface area (Å²) >= 11 is 0. The molecule has 1 amide bonds. The molecular weight excluding hydrogens is 376 g/mol. The van der Waals surface area contributed by atoms with Gasteiger partial charge in [0.25, 0.3) is 5.91 Å². The Morgan fingerprint density at radius 1 is 1.10 bits per heavy atom. The molecule has 30 heavy (non-hydrogen) atoms. The first-order valence-corrected chi connectivity index (χ1v) is 10.2. The highest BCUT2D eigenvalue weighted by Gasteiger charge is 2.19. The monoisotopic (exact) mass is 402 g/mol. The van der Waals surface area contributed by atoms with E-state index in [1.807, 2.05) is 60.7 Å². The van der Waals surface area contributed by atoms with Crippen molar-refractivity contribution >= 4 is 16.9 Å². The Morgan fingerprint density at radius 3 is 2.53 bits per heavy atom. The summed E-state index contributed by atoms with van der Waals surface area (Å²) in [5.41, 5.74) is 6.17. The van der Waals surface area contributed by atoms with Crippen LogP contribution in [0, 0.1) is 20.8 Å². The van der Waals surface area contributed by atoms with Crippen LogP contribution < -0.4 is 5.32 Å². The lowest BCUT2D eigenvalue weighted by Crippen LogP contribution is -2.27. The Balaban J connectivity index is 1.70. The fourth-order valence-corrected chi connectivity index (χ4v) is 3.59. The van der Waals surface area contributed by atoms with Crippen molar-refractivity contribution in [2.24, 2.45) is 0 Å². The van der Waals surface area contributed by atoms with Gasteiger partial charge in [0, 0.05) is 24.8 Å². The number of aromatic nitrogens is 5. The van der Waals surface area contributed by atoms with Crippen LogP contribution >= 0.6 is 0 Å². The minimum atomic E-state index is -0.126. The van der Waals surface area contributed by atoms with E-state index in [2.05, 4.69) is 34.6 Å². The number of pyridine rings is 1. The zero-order valence-electron chi connectivity index (χ0n) is 17.8. The van der Waals surface area contributed by atoms with E-state index < -0.39 is 0 Å². The predicted molar refractivity (Wildman–Crippen MR) is 117 cm³/mol. The van der Waals surface area contributed by atoms with Crippen LogP contribution in [0.4, 0.5) is 0 Å². The van der Waals surface area contributed by atoms with Gasteiger partial charge in [-0.25, -0.2) is 9.67 Å². The van der Waals surface area contributed by atoms with Crippen LogP contribution in [0.1, 0.15) is 34.1 Å². The van der Waals surface area contributed by atoms with Gasteiger partial charge in [-0.15, -0.1) is 0 Å². The molecule has 0 aliphatic rings. The lowest BCUT2D eigenvalue weighted by molar-refractivity contribution is 0.0953. The third-order valence-electron chi connectivity index (χ3n) is 5.16. The maximum absolute atomic E-state index is 13.1. The summed E-state index contributed by atoms with van der Waals surface area (Å²) < 4.78 is 3.68. The van der Waals surface area contributed by atoms with E-state index in [1.165, 1.54) is 5.56 Å². The van der Waals surface area contributed by atoms with Crippen molar-refractivity contribution in [3.63, 3.8) is 0 Å². The van der Waals surface area contributed by atoms with Gasteiger partial charge < -0.3 is 5.32 Å². The number of hydrogen-bond donors (Lipinski definition) is 1. The Hall–Kier alpha value is -3.48. The highest BCUT2D eigenvalue weighted by atomic mass is 16.1. The van der Waals surface area contributed by atoms with Crippen LogP contribution in [0.2, 0.25) is 0 Å². The first-order valence-electron chi connectivity index (χ1n) is 10.2. The fourth-order valence-electron chi connectivity index (χ4n) is 3.59. The van der Waals surface area contributed by atoms with Gasteiger partial charge in [0.2, 0.25) is 0 Å². The van der Waals surface area contributed by atoms with E-state index >= 15 is 0 Å². The molecule has 0 radical (unpaired) electrons. The summed E-state index contributed by atoms with van der Waals surface area (Å²) in [5.74, 6) is -0.126. The lowest BCUT2D eigenvalue weighted by atomic mass is 10.0. The average Bonchev–Trinajstić information content (AvgIpc) is 3.30. The van der Waals surface area contributed by atoms with Crippen molar-refractivity contribution in [1.29, 1.82) is 0 Å². The molecule has 0 aliphatic heterocycles. The zero-order chi connectivity index (χ0) is 21.3. The molecule has 4 aromatic rings. The predicted octanol–water partition coefficient (Wildman–Crippen LogP) is 3.67. The fraction of sp³-hybridized carbons (Fsp3) is 0.304. The highest BCUT2D eigenvalue weighted by molar-refractivity contribution is 6.07. The maximum Gasteiger partial charge on any atom is 0.252 e. The number of nitrogens with one attached hydrogen (secondary N) is 1. The topological polar surface area (TPSA) is 77.6 Å². The number of rotatable bonds is 6. The van der Waals surface area contributed by atoms with Gasteiger partial charge in [0.1, 0.15) is 0 Å². The molecule has 3 aromatic heterocycles. The summed E-state index contributed by atoms with van der Waals surface area (Å²) in [7, 11) is 0. The second kappa shape index (κ2) is 8.10. The highest BCUT2D eigenvalue weighted by Crippen LogP contribution is 2.27. The van der Waals surface area contributed by atoms with E-state index in [4.69, 9.17) is 4.98 Å². The second-order valence-electron chi connectivity index (χ2n) is 7.56. The molecular formula is C23H26N6O. The molecule has 0 unspecified atom stereocenters. The number of carbonyl (C=O) groups excluding carboxylic acids is 1. The summed E-state index contributed by atoms with van der Waals surface area (Å²) in [6, 6.07) is 10.0. The molecule has 0 bridgehead atoms. The number of hydrogen-bond acceptors (Lipinski definition) is 4. The van der Waals surface area contributed by atoms with E-state index in [0.29, 0.717) is 25.2 Å². The van der Waals surface area contributed by atoms with Crippen LogP contribution in [0.25, 0.3) is 22.3 Å². The standard InChI is InChI=1S/C23H26N6O/c1-5-29-22-21(17(4)27-29)19(12-20(26-22)18-8-6-15(2)7-9-18)23(30)24-10-11-28-14-16(3)13-25-28/h6-9,12-14H,5,10-11H2,1-4H3,(H,24,30). The third kappa shape index (κ3) is 3.83. The van der Waals surface area contributed by atoms with Gasteiger partial charge in [-0.2, -0.15) is 10.2 Å². The van der Waals surface area contributed by atoms with Gasteiger partial charge in [-0.1, -0.05) is 29.8 Å². The quantitative estimate of drug-likeness (QED) is 0.534. The molecule has 3 heterocycles. The molecule has 0 atom stereocenters. The van der Waals surface area contributed by atoms with Gasteiger partial charge >= 0.3 is 0 Å². The van der Waals surface area contributed by atoms with Crippen molar-refractivity contribution < 1.29 is 4.79 Å². The molecule has 154 valence electrons. The SMILES string of the molecule is CCn1nc(C)c2c(C(=O)NCCn3cc(C)cn3)cc(-c3ccc(C)cc3)nc21. The number of amides is 1. The largest absolute Gasteiger partial charge is 0.350 e. The van der Waals surface area contributed by atoms with E-state index in [1.54, 1.807) is 0 Å². The van der Waals surface area contributed by atoms with Crippen molar-refractivity contribution in [1.82, 2.24) is 29.9 Å². The molecule has 0 fully saturated rings. The van der Waals surface area contributed by atoms with Crippen LogP contribution in [0.5, 0.6) is 0 Å². The lowest BCUT2D eigenvalue weighted by Gasteiger charge is -2.10. The van der Waals surface area contributed by atoms with Gasteiger partial charge in [0.15, 0.2) is 5.65 Å². The normalized spacial score (nSPS) is 11.2. The van der Waals surface area contributed by atoms with Crippen molar-refractivity contribution in [3.8, 4) is 11.3 Å². The van der Waals surface area contributed by atoms with E-state index in [0.717, 1.165) is 33.5 Å². The number of fused-ring (bicyclic) bond motifs is 1. The van der Waals surface area contributed by atoms with Gasteiger partial charge in [-0.05, 0) is 39.3 Å². The van der Waals surface area contributed by atoms with Gasteiger partial charge in [-0.3, -0.25) is 9.48 Å². The van der Waals surface area contributed by atoms with Crippen LogP contribution in [-0.4, -0.2) is 37.0 Å². The minimum Gasteiger partial charge on any atom is -0.350 e. The summed E-state index contributed by atoms with van der Waals surface area (Å²) in [6.45, 7) is 9.79. The Bertz CT molecular complexity index is 1200. The molecule has 0 saturated carbocycles. The number of aryl methyl sites for hydroxylation is 4. The molecule has 0 aliphatic carbocycles. The zero-order valence-corrected chi connectivity index (χ0v) is 17.8. The van der Waals surface area contributed by atoms with Crippen molar-refractivity contribution in [3.05, 3.63) is 65.1 Å². The summed E-state index contributed by atoms with van der Waals surface area (Å²) in [5, 5.41) is 12.7. The minimum absolute atomic E-state index is 0.126. The average molecular weight is 403 g/mol. The van der Waals surface area contributed by atoms with Crippen molar-refractivity contribution in [2.45, 2.75) is 40.8 Å². The van der Waals surface area contributed by atoms with Crippen molar-refractivity contribution in [2.75, 3.05) is 6.54 Å². The number of nitrogens with zero attached hydrogens (tertiary/aromatic N) is 5. The Kier molecular flexibility index (Phi) is 5.35. The Labute approximate surface area is 175 Å². The van der Waals surface area contributed by atoms with Crippen LogP contribution in [-0.2, 0) is 13.1 Å². The molecule has 4 rings (SSSR count). The Morgan fingerprint density at radius 2 is 1.87 bits per heavy atom. The smallest absolute Gasteiger partial charge is 0.252 e. The van der Waals surface area contributed by atoms with E-state index in [-0.39, 0.29) is 5.91 Å². The molecule has 0 spiro atoms. The third-order valence-corrected chi connectivity index (χ3v) is 5.16. The number of carbonyl (C=O) groups is 1. The van der Waals surface area contributed by atoms with E-state index in [9.17, 15) is 4.79 Å².